The number of hydrogen-bond acceptors (Lipinski definition) is 2. The summed E-state index contributed by atoms with van der Waals surface area (Å²) in [5, 5.41) is 18.4. The minimum Gasteiger partial charge on any atom is -0.465 e. The SMILES string of the molecule is CC(C)C[C@H](CO)N(C(=O)O)C(C)(C)C. The molecular weight excluding hydrogens is 194 g/mol. The Morgan fingerprint density at radius 1 is 1.33 bits per heavy atom. The second-order valence-corrected chi connectivity index (χ2v) is 5.29. The molecule has 90 valence electrons. The van der Waals surface area contributed by atoms with Crippen molar-refractivity contribution in [3.8, 4) is 0 Å². The van der Waals surface area contributed by atoms with Gasteiger partial charge >= 0.3 is 6.09 Å². The van der Waals surface area contributed by atoms with Crippen LogP contribution in [0.5, 0.6) is 0 Å². The number of carbonyl (C=O) groups is 1. The van der Waals surface area contributed by atoms with Gasteiger partial charge in [-0.3, -0.25) is 4.90 Å². The number of aliphatic hydroxyl groups is 1. The molecule has 2 N–H and O–H groups in total. The molecule has 0 aromatic carbocycles. The van der Waals surface area contributed by atoms with E-state index in [4.69, 9.17) is 5.11 Å². The van der Waals surface area contributed by atoms with Gasteiger partial charge in [0.1, 0.15) is 0 Å². The molecule has 0 aromatic rings. The standard InChI is InChI=1S/C11H23NO3/c1-8(2)6-9(7-13)12(10(14)15)11(3,4)5/h8-9,13H,6-7H2,1-5H3,(H,14,15)/t9-/m1/s1. The zero-order valence-corrected chi connectivity index (χ0v) is 10.3. The van der Waals surface area contributed by atoms with Crippen LogP contribution in [0, 0.1) is 5.92 Å². The van der Waals surface area contributed by atoms with Crippen LogP contribution in [0.3, 0.4) is 0 Å². The van der Waals surface area contributed by atoms with E-state index in [1.807, 2.05) is 34.6 Å². The number of nitrogens with zero attached hydrogens (tertiary/aromatic N) is 1. The lowest BCUT2D eigenvalue weighted by Gasteiger charge is -2.39. The molecule has 0 saturated heterocycles. The Morgan fingerprint density at radius 3 is 2.00 bits per heavy atom. The Kier molecular flexibility index (Phi) is 5.08. The second kappa shape index (κ2) is 5.35. The minimum absolute atomic E-state index is 0.123. The topological polar surface area (TPSA) is 60.8 Å². The van der Waals surface area contributed by atoms with E-state index < -0.39 is 11.6 Å². The second-order valence-electron chi connectivity index (χ2n) is 5.29. The Hall–Kier alpha value is -0.770. The number of carboxylic acid groups (broad SMARTS) is 1. The summed E-state index contributed by atoms with van der Waals surface area (Å²) in [5.74, 6) is 0.367. The molecule has 0 rings (SSSR count). The lowest BCUT2D eigenvalue weighted by molar-refractivity contribution is 0.0385. The first-order valence-corrected chi connectivity index (χ1v) is 5.33. The maximum absolute atomic E-state index is 11.1. The molecule has 0 aromatic heterocycles. The van der Waals surface area contributed by atoms with Crippen LogP contribution in [0.4, 0.5) is 4.79 Å². The molecule has 4 heteroatoms. The molecule has 15 heavy (non-hydrogen) atoms. The van der Waals surface area contributed by atoms with E-state index in [0.29, 0.717) is 12.3 Å². The van der Waals surface area contributed by atoms with Crippen LogP contribution >= 0.6 is 0 Å². The van der Waals surface area contributed by atoms with Gasteiger partial charge in [0.05, 0.1) is 12.6 Å². The van der Waals surface area contributed by atoms with E-state index in [9.17, 15) is 9.90 Å². The molecule has 0 radical (unpaired) electrons. The van der Waals surface area contributed by atoms with Gasteiger partial charge in [-0.1, -0.05) is 13.8 Å². The van der Waals surface area contributed by atoms with E-state index in [2.05, 4.69) is 0 Å². The van der Waals surface area contributed by atoms with Crippen molar-refractivity contribution in [1.82, 2.24) is 4.90 Å². The Morgan fingerprint density at radius 2 is 1.80 bits per heavy atom. The normalized spacial score (nSPS) is 14.1. The Labute approximate surface area is 91.9 Å². The maximum Gasteiger partial charge on any atom is 0.408 e. The molecule has 1 atom stereocenters. The third-order valence-electron chi connectivity index (χ3n) is 2.25. The van der Waals surface area contributed by atoms with Gasteiger partial charge in [0, 0.05) is 5.54 Å². The zero-order chi connectivity index (χ0) is 12.2. The van der Waals surface area contributed by atoms with Gasteiger partial charge in [-0.2, -0.15) is 0 Å². The maximum atomic E-state index is 11.1. The van der Waals surface area contributed by atoms with Crippen LogP contribution in [-0.4, -0.2) is 39.4 Å². The first-order chi connectivity index (χ1) is 6.70. The van der Waals surface area contributed by atoms with Gasteiger partial charge in [-0.15, -0.1) is 0 Å². The lowest BCUT2D eigenvalue weighted by Crippen LogP contribution is -2.52. The highest BCUT2D eigenvalue weighted by molar-refractivity contribution is 5.66. The fraction of sp³-hybridized carbons (Fsp3) is 0.909. The van der Waals surface area contributed by atoms with Crippen molar-refractivity contribution in [3.63, 3.8) is 0 Å². The third-order valence-corrected chi connectivity index (χ3v) is 2.25. The molecule has 0 saturated carbocycles. The van der Waals surface area contributed by atoms with E-state index in [0.717, 1.165) is 0 Å². The summed E-state index contributed by atoms with van der Waals surface area (Å²) in [6, 6.07) is -0.317. The fourth-order valence-corrected chi connectivity index (χ4v) is 1.80. The van der Waals surface area contributed by atoms with Gasteiger partial charge in [-0.25, -0.2) is 4.79 Å². The summed E-state index contributed by atoms with van der Waals surface area (Å²) < 4.78 is 0. The van der Waals surface area contributed by atoms with Crippen LogP contribution in [0.1, 0.15) is 41.0 Å². The average Bonchev–Trinajstić information content (AvgIpc) is 1.98. The fourth-order valence-electron chi connectivity index (χ4n) is 1.80. The molecule has 0 bridgehead atoms. The van der Waals surface area contributed by atoms with Crippen LogP contribution in [-0.2, 0) is 0 Å². The highest BCUT2D eigenvalue weighted by Crippen LogP contribution is 2.21. The van der Waals surface area contributed by atoms with Crippen molar-refractivity contribution < 1.29 is 15.0 Å². The average molecular weight is 217 g/mol. The van der Waals surface area contributed by atoms with Crippen molar-refractivity contribution in [2.45, 2.75) is 52.6 Å². The van der Waals surface area contributed by atoms with E-state index in [1.54, 1.807) is 0 Å². The zero-order valence-electron chi connectivity index (χ0n) is 10.3. The monoisotopic (exact) mass is 217 g/mol. The van der Waals surface area contributed by atoms with Crippen LogP contribution in [0.25, 0.3) is 0 Å². The largest absolute Gasteiger partial charge is 0.465 e. The highest BCUT2D eigenvalue weighted by atomic mass is 16.4. The Bertz CT molecular complexity index is 208. The van der Waals surface area contributed by atoms with Gasteiger partial charge in [-0.05, 0) is 33.1 Å². The number of aliphatic hydroxyl groups excluding tert-OH is 1. The van der Waals surface area contributed by atoms with Crippen LogP contribution in [0.15, 0.2) is 0 Å². The molecule has 4 nitrogen and oxygen atoms in total. The van der Waals surface area contributed by atoms with Gasteiger partial charge in [0.25, 0.3) is 0 Å². The third kappa shape index (κ3) is 4.51. The lowest BCUT2D eigenvalue weighted by atomic mass is 9.97. The van der Waals surface area contributed by atoms with Crippen LogP contribution in [0.2, 0.25) is 0 Å². The summed E-state index contributed by atoms with van der Waals surface area (Å²) in [6.07, 6.45) is -0.290. The van der Waals surface area contributed by atoms with Gasteiger partial charge in [0.15, 0.2) is 0 Å². The van der Waals surface area contributed by atoms with Crippen molar-refractivity contribution in [3.05, 3.63) is 0 Å². The molecule has 0 aliphatic carbocycles. The highest BCUT2D eigenvalue weighted by Gasteiger charge is 2.32. The van der Waals surface area contributed by atoms with Gasteiger partial charge < -0.3 is 10.2 Å². The van der Waals surface area contributed by atoms with Gasteiger partial charge in [0.2, 0.25) is 0 Å². The minimum atomic E-state index is -0.970. The Balaban J connectivity index is 4.79. The van der Waals surface area contributed by atoms with Crippen molar-refractivity contribution in [2.75, 3.05) is 6.61 Å². The van der Waals surface area contributed by atoms with Crippen molar-refractivity contribution in [2.24, 2.45) is 5.92 Å². The molecular formula is C11H23NO3. The number of hydrogen-bond donors (Lipinski definition) is 2. The quantitative estimate of drug-likeness (QED) is 0.758. The molecule has 0 heterocycles. The summed E-state index contributed by atoms with van der Waals surface area (Å²) in [7, 11) is 0. The summed E-state index contributed by atoms with van der Waals surface area (Å²) in [5.41, 5.74) is -0.478. The first kappa shape index (κ1) is 14.2. The molecule has 0 aliphatic heterocycles. The molecule has 0 fully saturated rings. The smallest absolute Gasteiger partial charge is 0.408 e. The molecule has 1 amide bonds. The van der Waals surface area contributed by atoms with E-state index >= 15 is 0 Å². The molecule has 0 unspecified atom stereocenters. The van der Waals surface area contributed by atoms with Crippen molar-refractivity contribution >= 4 is 6.09 Å². The summed E-state index contributed by atoms with van der Waals surface area (Å²) in [6.45, 7) is 9.43. The first-order valence-electron chi connectivity index (χ1n) is 5.33. The van der Waals surface area contributed by atoms with Crippen LogP contribution < -0.4 is 0 Å². The predicted octanol–water partition coefficient (Wildman–Crippen LogP) is 2.17. The van der Waals surface area contributed by atoms with E-state index in [-0.39, 0.29) is 12.6 Å². The number of amides is 1. The van der Waals surface area contributed by atoms with E-state index in [1.165, 1.54) is 4.90 Å². The molecule has 0 aliphatic rings. The molecule has 0 spiro atoms. The van der Waals surface area contributed by atoms with Crippen molar-refractivity contribution in [1.29, 1.82) is 0 Å². The number of rotatable bonds is 4. The summed E-state index contributed by atoms with van der Waals surface area (Å²) in [4.78, 5) is 12.5. The summed E-state index contributed by atoms with van der Waals surface area (Å²) >= 11 is 0. The predicted molar refractivity (Wildman–Crippen MR) is 59.9 cm³/mol.